The van der Waals surface area contributed by atoms with Crippen LogP contribution in [0.4, 0.5) is 0 Å². The van der Waals surface area contributed by atoms with Crippen LogP contribution in [0.3, 0.4) is 0 Å². The third-order valence-electron chi connectivity index (χ3n) is 4.09. The lowest BCUT2D eigenvalue weighted by Crippen LogP contribution is -2.09. The molecule has 0 unspecified atom stereocenters. The van der Waals surface area contributed by atoms with Crippen LogP contribution in [0.15, 0.2) is 59.4 Å². The Morgan fingerprint density at radius 3 is 2.46 bits per heavy atom. The Balaban J connectivity index is 1.98. The lowest BCUT2D eigenvalue weighted by Gasteiger charge is -2.04. The second-order valence-electron chi connectivity index (χ2n) is 5.86. The third kappa shape index (κ3) is 2.45. The van der Waals surface area contributed by atoms with Gasteiger partial charge in [-0.2, -0.15) is 0 Å². The highest BCUT2D eigenvalue weighted by molar-refractivity contribution is 7.19. The summed E-state index contributed by atoms with van der Waals surface area (Å²) < 4.78 is 0. The van der Waals surface area contributed by atoms with Gasteiger partial charge < -0.3 is 4.98 Å². The first kappa shape index (κ1) is 14.8. The Morgan fingerprint density at radius 1 is 0.958 bits per heavy atom. The largest absolute Gasteiger partial charge is 0.306 e. The average Bonchev–Trinajstić information content (AvgIpc) is 2.92. The molecule has 4 aromatic rings. The van der Waals surface area contributed by atoms with Gasteiger partial charge >= 0.3 is 0 Å². The van der Waals surface area contributed by atoms with E-state index in [-0.39, 0.29) is 5.56 Å². The molecule has 0 saturated carbocycles. The summed E-state index contributed by atoms with van der Waals surface area (Å²) in [5.41, 5.74) is 4.03. The zero-order valence-electron chi connectivity index (χ0n) is 13.5. The molecule has 0 radical (unpaired) electrons. The van der Waals surface area contributed by atoms with Gasteiger partial charge in [0.15, 0.2) is 0 Å². The number of hydrogen-bond acceptors (Lipinski definition) is 3. The first-order chi connectivity index (χ1) is 11.6. The maximum absolute atomic E-state index is 12.8. The van der Waals surface area contributed by atoms with Gasteiger partial charge in [-0.05, 0) is 25.5 Å². The molecule has 0 atom stereocenters. The van der Waals surface area contributed by atoms with Gasteiger partial charge in [-0.15, -0.1) is 11.3 Å². The van der Waals surface area contributed by atoms with Crippen LogP contribution in [0.1, 0.15) is 10.4 Å². The number of thiophene rings is 1. The molecule has 0 amide bonds. The SMILES string of the molecule is Cc1cccc(-c2nc3sc(C)c(-c4ccccc4)c3c(=O)[nH]2)c1. The number of aromatic amines is 1. The van der Waals surface area contributed by atoms with E-state index in [0.717, 1.165) is 32.0 Å². The van der Waals surface area contributed by atoms with Crippen LogP contribution in [0.2, 0.25) is 0 Å². The van der Waals surface area contributed by atoms with Gasteiger partial charge in [0.2, 0.25) is 0 Å². The maximum atomic E-state index is 12.8. The van der Waals surface area contributed by atoms with Crippen LogP contribution in [0, 0.1) is 13.8 Å². The van der Waals surface area contributed by atoms with Crippen molar-refractivity contribution in [2.75, 3.05) is 0 Å². The normalized spacial score (nSPS) is 11.1. The summed E-state index contributed by atoms with van der Waals surface area (Å²) >= 11 is 1.57. The van der Waals surface area contributed by atoms with Crippen molar-refractivity contribution in [3.63, 3.8) is 0 Å². The molecular formula is C20H16N2OS. The molecule has 24 heavy (non-hydrogen) atoms. The second kappa shape index (κ2) is 5.73. The number of aromatic nitrogens is 2. The van der Waals surface area contributed by atoms with Crippen LogP contribution < -0.4 is 5.56 Å². The number of rotatable bonds is 2. The number of fused-ring (bicyclic) bond motifs is 1. The topological polar surface area (TPSA) is 45.8 Å². The summed E-state index contributed by atoms with van der Waals surface area (Å²) in [6, 6.07) is 18.0. The molecule has 0 bridgehead atoms. The van der Waals surface area contributed by atoms with Crippen LogP contribution >= 0.6 is 11.3 Å². The molecule has 0 spiro atoms. The van der Waals surface area contributed by atoms with Crippen LogP contribution in [0.25, 0.3) is 32.7 Å². The summed E-state index contributed by atoms with van der Waals surface area (Å²) in [5.74, 6) is 0.622. The molecular weight excluding hydrogens is 316 g/mol. The van der Waals surface area contributed by atoms with Crippen molar-refractivity contribution in [1.82, 2.24) is 9.97 Å². The molecule has 2 aromatic heterocycles. The van der Waals surface area contributed by atoms with Gasteiger partial charge in [0.25, 0.3) is 5.56 Å². The zero-order valence-corrected chi connectivity index (χ0v) is 14.3. The first-order valence-corrected chi connectivity index (χ1v) is 8.61. The lowest BCUT2D eigenvalue weighted by atomic mass is 10.0. The Hall–Kier alpha value is -2.72. The number of hydrogen-bond donors (Lipinski definition) is 1. The highest BCUT2D eigenvalue weighted by atomic mass is 32.1. The number of aryl methyl sites for hydroxylation is 2. The van der Waals surface area contributed by atoms with Gasteiger partial charge in [0, 0.05) is 16.0 Å². The number of nitrogens with zero attached hydrogens (tertiary/aromatic N) is 1. The molecule has 3 nitrogen and oxygen atoms in total. The van der Waals surface area contributed by atoms with Crippen molar-refractivity contribution < 1.29 is 0 Å². The van der Waals surface area contributed by atoms with Gasteiger partial charge in [0.1, 0.15) is 10.7 Å². The zero-order chi connectivity index (χ0) is 16.7. The van der Waals surface area contributed by atoms with E-state index in [0.29, 0.717) is 11.2 Å². The number of H-pyrrole nitrogens is 1. The van der Waals surface area contributed by atoms with Crippen molar-refractivity contribution in [2.45, 2.75) is 13.8 Å². The Morgan fingerprint density at radius 2 is 1.71 bits per heavy atom. The first-order valence-electron chi connectivity index (χ1n) is 7.79. The summed E-state index contributed by atoms with van der Waals surface area (Å²) in [7, 11) is 0. The summed E-state index contributed by atoms with van der Waals surface area (Å²) in [4.78, 5) is 22.3. The van der Waals surface area contributed by atoms with Crippen LogP contribution in [-0.4, -0.2) is 9.97 Å². The Bertz CT molecular complexity index is 1090. The van der Waals surface area contributed by atoms with Crippen molar-refractivity contribution in [2.24, 2.45) is 0 Å². The molecule has 0 aliphatic rings. The predicted octanol–water partition coefficient (Wildman–Crippen LogP) is 4.94. The van der Waals surface area contributed by atoms with E-state index < -0.39 is 0 Å². The molecule has 4 heteroatoms. The summed E-state index contributed by atoms with van der Waals surface area (Å²) in [6.07, 6.45) is 0. The molecule has 1 N–H and O–H groups in total. The highest BCUT2D eigenvalue weighted by Crippen LogP contribution is 2.35. The Kier molecular flexibility index (Phi) is 3.54. The van der Waals surface area contributed by atoms with E-state index in [9.17, 15) is 4.79 Å². The fraction of sp³-hybridized carbons (Fsp3) is 0.100. The van der Waals surface area contributed by atoms with Crippen LogP contribution in [-0.2, 0) is 0 Å². The predicted molar refractivity (Wildman–Crippen MR) is 101 cm³/mol. The molecule has 0 aliphatic heterocycles. The number of nitrogens with one attached hydrogen (secondary N) is 1. The molecule has 0 fully saturated rings. The summed E-state index contributed by atoms with van der Waals surface area (Å²) in [6.45, 7) is 4.07. The minimum Gasteiger partial charge on any atom is -0.306 e. The highest BCUT2D eigenvalue weighted by Gasteiger charge is 2.16. The van der Waals surface area contributed by atoms with Gasteiger partial charge in [-0.25, -0.2) is 4.98 Å². The maximum Gasteiger partial charge on any atom is 0.260 e. The third-order valence-corrected chi connectivity index (χ3v) is 5.09. The van der Waals surface area contributed by atoms with Crippen molar-refractivity contribution in [3.05, 3.63) is 75.4 Å². The summed E-state index contributed by atoms with van der Waals surface area (Å²) in [5, 5.41) is 0.681. The van der Waals surface area contributed by atoms with E-state index in [1.807, 2.05) is 68.4 Å². The molecule has 0 aliphatic carbocycles. The average molecular weight is 332 g/mol. The standard InChI is InChI=1S/C20H16N2OS/c1-12-7-6-10-15(11-12)18-21-19(23)17-16(13(2)24-20(17)22-18)14-8-4-3-5-9-14/h3-11H,1-2H3,(H,21,22,23). The van der Waals surface area contributed by atoms with E-state index in [4.69, 9.17) is 4.98 Å². The molecule has 4 rings (SSSR count). The van der Waals surface area contributed by atoms with Crippen molar-refractivity contribution in [1.29, 1.82) is 0 Å². The van der Waals surface area contributed by atoms with Crippen molar-refractivity contribution >= 4 is 21.6 Å². The molecule has 0 saturated heterocycles. The molecule has 2 aromatic carbocycles. The second-order valence-corrected chi connectivity index (χ2v) is 7.07. The van der Waals surface area contributed by atoms with E-state index in [1.165, 1.54) is 0 Å². The molecule has 118 valence electrons. The number of benzene rings is 2. The van der Waals surface area contributed by atoms with Gasteiger partial charge in [-0.3, -0.25) is 4.79 Å². The minimum absolute atomic E-state index is 0.0836. The van der Waals surface area contributed by atoms with Gasteiger partial charge in [-0.1, -0.05) is 54.1 Å². The monoisotopic (exact) mass is 332 g/mol. The minimum atomic E-state index is -0.0836. The Labute approximate surface area is 143 Å². The van der Waals surface area contributed by atoms with E-state index in [1.54, 1.807) is 11.3 Å². The van der Waals surface area contributed by atoms with Crippen molar-refractivity contribution in [3.8, 4) is 22.5 Å². The fourth-order valence-electron chi connectivity index (χ4n) is 3.00. The fourth-order valence-corrected chi connectivity index (χ4v) is 4.05. The van der Waals surface area contributed by atoms with E-state index in [2.05, 4.69) is 4.98 Å². The quantitative estimate of drug-likeness (QED) is 0.565. The smallest absolute Gasteiger partial charge is 0.260 e. The van der Waals surface area contributed by atoms with E-state index >= 15 is 0 Å². The lowest BCUT2D eigenvalue weighted by molar-refractivity contribution is 1.19. The van der Waals surface area contributed by atoms with Crippen LogP contribution in [0.5, 0.6) is 0 Å². The molecule has 2 heterocycles. The van der Waals surface area contributed by atoms with Gasteiger partial charge in [0.05, 0.1) is 5.39 Å².